The van der Waals surface area contributed by atoms with E-state index in [0.29, 0.717) is 35.7 Å². The predicted molar refractivity (Wildman–Crippen MR) is 115 cm³/mol. The predicted octanol–water partition coefficient (Wildman–Crippen LogP) is 2.98. The molecule has 0 spiro atoms. The number of halogens is 1. The number of nitriles is 1. The molecule has 1 atom stereocenters. The van der Waals surface area contributed by atoms with Crippen molar-refractivity contribution in [2.24, 2.45) is 5.73 Å². The second kappa shape index (κ2) is 8.55. The van der Waals surface area contributed by atoms with E-state index in [1.807, 2.05) is 0 Å². The lowest BCUT2D eigenvalue weighted by atomic mass is 10.1. The zero-order valence-corrected chi connectivity index (χ0v) is 17.5. The fourth-order valence-electron chi connectivity index (χ4n) is 3.80. The van der Waals surface area contributed by atoms with Crippen molar-refractivity contribution in [2.45, 2.75) is 25.8 Å². The minimum absolute atomic E-state index is 0.124. The Kier molecular flexibility index (Phi) is 5.64. The first kappa shape index (κ1) is 21.1. The third kappa shape index (κ3) is 4.05. The van der Waals surface area contributed by atoms with Gasteiger partial charge in [-0.3, -0.25) is 4.79 Å². The van der Waals surface area contributed by atoms with Gasteiger partial charge in [0.2, 0.25) is 0 Å². The molecular formula is C22H22FN7O2. The number of primary amides is 1. The van der Waals surface area contributed by atoms with Gasteiger partial charge in [0.15, 0.2) is 12.0 Å². The summed E-state index contributed by atoms with van der Waals surface area (Å²) in [5, 5.41) is 13.8. The Labute approximate surface area is 184 Å². The molecule has 32 heavy (non-hydrogen) atoms. The van der Waals surface area contributed by atoms with Gasteiger partial charge >= 0.3 is 0 Å². The molecule has 0 bridgehead atoms. The van der Waals surface area contributed by atoms with E-state index in [9.17, 15) is 14.4 Å². The number of nitrogens with two attached hydrogens (primary N) is 2. The topological polar surface area (TPSA) is 136 Å². The molecule has 3 aromatic rings. The van der Waals surface area contributed by atoms with E-state index in [4.69, 9.17) is 16.2 Å². The highest BCUT2D eigenvalue weighted by Crippen LogP contribution is 2.33. The quantitative estimate of drug-likeness (QED) is 0.588. The average Bonchev–Trinajstić information content (AvgIpc) is 3.13. The molecule has 0 unspecified atom stereocenters. The van der Waals surface area contributed by atoms with Crippen LogP contribution in [0.3, 0.4) is 0 Å². The molecule has 1 aromatic carbocycles. The number of carbonyl (C=O) groups excluding carboxylic acids is 1. The summed E-state index contributed by atoms with van der Waals surface area (Å²) in [6, 6.07) is 7.80. The Hall–Kier alpha value is -4.13. The Bertz CT molecular complexity index is 1200. The summed E-state index contributed by atoms with van der Waals surface area (Å²) < 4.78 is 21.1. The van der Waals surface area contributed by atoms with Gasteiger partial charge in [0, 0.05) is 18.3 Å². The van der Waals surface area contributed by atoms with E-state index < -0.39 is 11.7 Å². The molecule has 1 saturated heterocycles. The van der Waals surface area contributed by atoms with Crippen molar-refractivity contribution in [1.29, 1.82) is 5.26 Å². The molecule has 1 amide bonds. The molecule has 164 valence electrons. The fraction of sp³-hybridized carbons (Fsp3) is 0.273. The second-order valence-corrected chi connectivity index (χ2v) is 7.69. The Morgan fingerprint density at radius 1 is 1.34 bits per heavy atom. The van der Waals surface area contributed by atoms with E-state index in [1.165, 1.54) is 12.3 Å². The maximum Gasteiger partial charge on any atom is 0.255 e. The molecule has 9 nitrogen and oxygen atoms in total. The number of piperidine rings is 1. The summed E-state index contributed by atoms with van der Waals surface area (Å²) in [4.78, 5) is 17.8. The minimum Gasteiger partial charge on any atom is -0.436 e. The Morgan fingerprint density at radius 3 is 2.75 bits per heavy atom. The highest BCUT2D eigenvalue weighted by Gasteiger charge is 2.28. The van der Waals surface area contributed by atoms with Crippen LogP contribution in [0.2, 0.25) is 0 Å². The van der Waals surface area contributed by atoms with Crippen molar-refractivity contribution in [3.63, 3.8) is 0 Å². The summed E-state index contributed by atoms with van der Waals surface area (Å²) in [6.45, 7) is 2.88. The van der Waals surface area contributed by atoms with E-state index >= 15 is 0 Å². The molecule has 1 aliphatic rings. The molecule has 0 aliphatic carbocycles. The van der Waals surface area contributed by atoms with Crippen LogP contribution < -0.4 is 16.2 Å². The van der Waals surface area contributed by atoms with E-state index in [-0.39, 0.29) is 23.3 Å². The lowest BCUT2D eigenvalue weighted by Gasteiger charge is -2.29. The van der Waals surface area contributed by atoms with Gasteiger partial charge in [-0.2, -0.15) is 10.4 Å². The molecule has 3 heterocycles. The zero-order chi connectivity index (χ0) is 22.8. The van der Waals surface area contributed by atoms with Crippen molar-refractivity contribution in [3.8, 4) is 29.1 Å². The lowest BCUT2D eigenvalue weighted by molar-refractivity contribution is 0.100. The van der Waals surface area contributed by atoms with Crippen molar-refractivity contribution in [3.05, 3.63) is 53.5 Å². The molecule has 2 aromatic heterocycles. The fourth-order valence-corrected chi connectivity index (χ4v) is 3.80. The van der Waals surface area contributed by atoms with Crippen LogP contribution in [-0.2, 0) is 0 Å². The van der Waals surface area contributed by atoms with Gasteiger partial charge in [0.05, 0.1) is 12.6 Å². The molecule has 0 saturated carbocycles. The summed E-state index contributed by atoms with van der Waals surface area (Å²) in [5.41, 5.74) is 13.6. The number of aromatic nitrogens is 3. The Balaban J connectivity index is 1.64. The van der Waals surface area contributed by atoms with Crippen molar-refractivity contribution in [1.82, 2.24) is 19.7 Å². The number of anilines is 1. The highest BCUT2D eigenvalue weighted by molar-refractivity contribution is 6.03. The van der Waals surface area contributed by atoms with Crippen LogP contribution in [0.15, 0.2) is 36.5 Å². The van der Waals surface area contributed by atoms with Crippen LogP contribution in [0.25, 0.3) is 11.3 Å². The zero-order valence-electron chi connectivity index (χ0n) is 17.5. The number of pyridine rings is 1. The molecule has 4 N–H and O–H groups in total. The van der Waals surface area contributed by atoms with Crippen molar-refractivity contribution in [2.75, 3.05) is 18.8 Å². The largest absolute Gasteiger partial charge is 0.436 e. The number of carbonyl (C=O) groups is 1. The third-order valence-electron chi connectivity index (χ3n) is 5.36. The monoisotopic (exact) mass is 435 g/mol. The van der Waals surface area contributed by atoms with Crippen LogP contribution in [0.1, 0.15) is 34.8 Å². The number of aryl methyl sites for hydroxylation is 1. The number of ether oxygens (including phenoxy) is 1. The molecule has 1 aliphatic heterocycles. The van der Waals surface area contributed by atoms with Gasteiger partial charge in [-0.15, -0.1) is 0 Å². The second-order valence-electron chi connectivity index (χ2n) is 7.69. The maximum atomic E-state index is 14.0. The first-order valence-corrected chi connectivity index (χ1v) is 10.1. The van der Waals surface area contributed by atoms with Crippen LogP contribution in [0.5, 0.6) is 11.6 Å². The molecule has 0 radical (unpaired) electrons. The van der Waals surface area contributed by atoms with Crippen LogP contribution in [0.4, 0.5) is 10.2 Å². The Morgan fingerprint density at radius 2 is 2.09 bits per heavy atom. The van der Waals surface area contributed by atoms with Gasteiger partial charge in [-0.1, -0.05) is 0 Å². The van der Waals surface area contributed by atoms with Crippen molar-refractivity contribution >= 4 is 11.7 Å². The molecule has 1 fully saturated rings. The first-order valence-electron chi connectivity index (χ1n) is 10.1. The van der Waals surface area contributed by atoms with Crippen LogP contribution >= 0.6 is 0 Å². The van der Waals surface area contributed by atoms with Gasteiger partial charge in [-0.25, -0.2) is 14.1 Å². The number of likely N-dealkylation sites (tertiary alicyclic amines) is 1. The van der Waals surface area contributed by atoms with E-state index in [2.05, 4.69) is 16.3 Å². The van der Waals surface area contributed by atoms with Crippen molar-refractivity contribution < 1.29 is 13.9 Å². The number of hydrogen-bond donors (Lipinski definition) is 2. The highest BCUT2D eigenvalue weighted by atomic mass is 19.1. The maximum absolute atomic E-state index is 14.0. The normalized spacial score (nSPS) is 15.9. The number of nitrogen functional groups attached to an aromatic ring is 1. The standard InChI is InChI=1S/C22H22FN7O2/c1-13-9-17(23)22(27-10-13)32-16-6-4-14(5-7-16)19-18(21(26)31)20(25)30(28-19)15-3-2-8-29(11-15)12-24/h4-7,9-10,15H,2-3,8,11,25H2,1H3,(H2,26,31)/t15-/m1/s1. The number of rotatable bonds is 5. The first-order chi connectivity index (χ1) is 15.4. The molecule has 4 rings (SSSR count). The molecular weight excluding hydrogens is 413 g/mol. The number of amides is 1. The summed E-state index contributed by atoms with van der Waals surface area (Å²) in [6.07, 6.45) is 5.26. The van der Waals surface area contributed by atoms with Gasteiger partial charge in [0.25, 0.3) is 11.8 Å². The number of hydrogen-bond acceptors (Lipinski definition) is 7. The summed E-state index contributed by atoms with van der Waals surface area (Å²) in [7, 11) is 0. The van der Waals surface area contributed by atoms with Gasteiger partial charge < -0.3 is 21.1 Å². The SMILES string of the molecule is Cc1cnc(Oc2ccc(-c3nn([C@@H]4CCCN(C#N)C4)c(N)c3C(N)=O)cc2)c(F)c1. The lowest BCUT2D eigenvalue weighted by Crippen LogP contribution is -2.34. The minimum atomic E-state index is -0.692. The number of benzene rings is 1. The van der Waals surface area contributed by atoms with Gasteiger partial charge in [-0.05, 0) is 55.7 Å². The van der Waals surface area contributed by atoms with E-state index in [0.717, 1.165) is 12.8 Å². The van der Waals surface area contributed by atoms with E-state index in [1.54, 1.807) is 40.8 Å². The van der Waals surface area contributed by atoms with Gasteiger partial charge in [0.1, 0.15) is 22.8 Å². The third-order valence-corrected chi connectivity index (χ3v) is 5.36. The summed E-state index contributed by atoms with van der Waals surface area (Å²) >= 11 is 0. The van der Waals surface area contributed by atoms with Crippen LogP contribution in [-0.4, -0.2) is 38.7 Å². The number of nitrogens with zero attached hydrogens (tertiary/aromatic N) is 5. The average molecular weight is 435 g/mol. The smallest absolute Gasteiger partial charge is 0.255 e. The molecule has 10 heteroatoms. The van der Waals surface area contributed by atoms with Crippen LogP contribution in [0, 0.1) is 24.2 Å². The summed E-state index contributed by atoms with van der Waals surface area (Å²) in [5.74, 6) is -0.843.